The summed E-state index contributed by atoms with van der Waals surface area (Å²) in [6.07, 6.45) is 0.968. The fourth-order valence-corrected chi connectivity index (χ4v) is 1.25. The maximum Gasteiger partial charge on any atom is 0.237 e. The maximum absolute atomic E-state index is 11.3. The second-order valence-corrected chi connectivity index (χ2v) is 3.39. The molecule has 86 valence electrons. The Labute approximate surface area is 93.3 Å². The minimum atomic E-state index is -0.690. The van der Waals surface area contributed by atoms with Gasteiger partial charge >= 0.3 is 0 Å². The Morgan fingerprint density at radius 1 is 1.44 bits per heavy atom. The molecule has 1 atom stereocenters. The molecule has 1 aromatic carbocycles. The number of aldehydes is 1. The number of phenolic OH excluding ortho intramolecular Hbond substituents is 1. The van der Waals surface area contributed by atoms with Gasteiger partial charge in [-0.3, -0.25) is 4.79 Å². The third-order valence-electron chi connectivity index (χ3n) is 2.09. The number of hydrogen-bond donors (Lipinski definition) is 3. The number of carbonyl (C=O) groups excluding carboxylic acids is 2. The normalized spacial score (nSPS) is 11.8. The zero-order chi connectivity index (χ0) is 12.0. The summed E-state index contributed by atoms with van der Waals surface area (Å²) < 4.78 is 0. The summed E-state index contributed by atoms with van der Waals surface area (Å²) >= 11 is 0. The van der Waals surface area contributed by atoms with Crippen molar-refractivity contribution in [2.75, 3.05) is 6.54 Å². The monoisotopic (exact) mass is 222 g/mol. The fourth-order valence-electron chi connectivity index (χ4n) is 1.25. The molecule has 0 unspecified atom stereocenters. The first-order chi connectivity index (χ1) is 7.63. The topological polar surface area (TPSA) is 92.4 Å². The van der Waals surface area contributed by atoms with E-state index in [1.54, 1.807) is 12.1 Å². The fraction of sp³-hybridized carbons (Fsp3) is 0.273. The first-order valence-corrected chi connectivity index (χ1v) is 4.88. The molecule has 0 saturated heterocycles. The van der Waals surface area contributed by atoms with E-state index < -0.39 is 6.04 Å². The highest BCUT2D eigenvalue weighted by atomic mass is 16.3. The molecule has 0 heterocycles. The van der Waals surface area contributed by atoms with Crippen LogP contribution >= 0.6 is 0 Å². The summed E-state index contributed by atoms with van der Waals surface area (Å²) in [5.74, 6) is -0.192. The van der Waals surface area contributed by atoms with Crippen LogP contribution in [0.5, 0.6) is 5.75 Å². The minimum absolute atomic E-state index is 0.0257. The second kappa shape index (κ2) is 5.87. The number of rotatable bonds is 5. The summed E-state index contributed by atoms with van der Waals surface area (Å²) in [5, 5.41) is 11.4. The lowest BCUT2D eigenvalue weighted by atomic mass is 10.1. The molecule has 0 radical (unpaired) electrons. The maximum atomic E-state index is 11.3. The van der Waals surface area contributed by atoms with Gasteiger partial charge in [0.05, 0.1) is 12.6 Å². The van der Waals surface area contributed by atoms with Crippen LogP contribution in [0, 0.1) is 0 Å². The highest BCUT2D eigenvalue weighted by molar-refractivity contribution is 5.83. The Morgan fingerprint density at radius 3 is 2.62 bits per heavy atom. The van der Waals surface area contributed by atoms with E-state index in [4.69, 9.17) is 10.8 Å². The van der Waals surface area contributed by atoms with Crippen molar-refractivity contribution in [3.05, 3.63) is 29.8 Å². The van der Waals surface area contributed by atoms with Crippen molar-refractivity contribution in [3.63, 3.8) is 0 Å². The summed E-state index contributed by atoms with van der Waals surface area (Å²) in [5.41, 5.74) is 6.49. The van der Waals surface area contributed by atoms with Crippen molar-refractivity contribution >= 4 is 12.2 Å². The van der Waals surface area contributed by atoms with Crippen LogP contribution in [0.1, 0.15) is 5.56 Å². The van der Waals surface area contributed by atoms with Crippen LogP contribution in [-0.4, -0.2) is 29.9 Å². The van der Waals surface area contributed by atoms with Crippen molar-refractivity contribution in [1.82, 2.24) is 5.32 Å². The summed E-state index contributed by atoms with van der Waals surface area (Å²) in [4.78, 5) is 21.4. The van der Waals surface area contributed by atoms with Crippen molar-refractivity contribution in [2.45, 2.75) is 12.5 Å². The lowest BCUT2D eigenvalue weighted by Gasteiger charge is -2.10. The Morgan fingerprint density at radius 2 is 2.06 bits per heavy atom. The van der Waals surface area contributed by atoms with Gasteiger partial charge in [-0.2, -0.15) is 0 Å². The molecule has 0 bridgehead atoms. The van der Waals surface area contributed by atoms with E-state index in [0.717, 1.165) is 5.56 Å². The zero-order valence-corrected chi connectivity index (χ0v) is 8.72. The van der Waals surface area contributed by atoms with E-state index in [0.29, 0.717) is 12.7 Å². The molecule has 0 saturated carbocycles. The third-order valence-corrected chi connectivity index (χ3v) is 2.09. The van der Waals surface area contributed by atoms with Crippen LogP contribution in [0.2, 0.25) is 0 Å². The Kier molecular flexibility index (Phi) is 4.47. The van der Waals surface area contributed by atoms with Crippen molar-refractivity contribution < 1.29 is 14.7 Å². The average molecular weight is 222 g/mol. The lowest BCUT2D eigenvalue weighted by Crippen LogP contribution is -2.42. The number of hydrogen-bond acceptors (Lipinski definition) is 4. The highest BCUT2D eigenvalue weighted by Crippen LogP contribution is 2.10. The van der Waals surface area contributed by atoms with Gasteiger partial charge in [0.2, 0.25) is 5.91 Å². The van der Waals surface area contributed by atoms with E-state index in [2.05, 4.69) is 5.32 Å². The van der Waals surface area contributed by atoms with Crippen molar-refractivity contribution in [1.29, 1.82) is 0 Å². The number of carbonyl (C=O) groups is 2. The van der Waals surface area contributed by atoms with Gasteiger partial charge in [0.1, 0.15) is 12.0 Å². The molecule has 0 aliphatic carbocycles. The van der Waals surface area contributed by atoms with Crippen LogP contribution in [0.25, 0.3) is 0 Å². The molecule has 4 N–H and O–H groups in total. The molecule has 1 aromatic rings. The number of amides is 1. The molecular weight excluding hydrogens is 208 g/mol. The Hall–Kier alpha value is -1.88. The smallest absolute Gasteiger partial charge is 0.237 e. The average Bonchev–Trinajstić information content (AvgIpc) is 2.29. The lowest BCUT2D eigenvalue weighted by molar-refractivity contribution is -0.123. The van der Waals surface area contributed by atoms with Gasteiger partial charge in [-0.1, -0.05) is 12.1 Å². The quantitative estimate of drug-likeness (QED) is 0.590. The summed E-state index contributed by atoms with van der Waals surface area (Å²) in [6.45, 7) is -0.0257. The van der Waals surface area contributed by atoms with Gasteiger partial charge in [0, 0.05) is 0 Å². The van der Waals surface area contributed by atoms with E-state index in [1.165, 1.54) is 12.1 Å². The van der Waals surface area contributed by atoms with Crippen molar-refractivity contribution in [3.8, 4) is 5.75 Å². The van der Waals surface area contributed by atoms with Gasteiger partial charge in [-0.25, -0.2) is 0 Å². The van der Waals surface area contributed by atoms with E-state index >= 15 is 0 Å². The SMILES string of the molecule is N[C@H](Cc1ccc(O)cc1)C(=O)NCC=O. The molecule has 5 nitrogen and oxygen atoms in total. The number of benzene rings is 1. The molecule has 5 heteroatoms. The molecule has 0 spiro atoms. The standard InChI is InChI=1S/C11H14N2O3/c12-10(11(16)13-5-6-14)7-8-1-3-9(15)4-2-8/h1-4,6,10,15H,5,7,12H2,(H,13,16)/t10-/m1/s1. The van der Waals surface area contributed by atoms with E-state index in [-0.39, 0.29) is 18.2 Å². The van der Waals surface area contributed by atoms with Gasteiger partial charge in [-0.05, 0) is 24.1 Å². The van der Waals surface area contributed by atoms with Crippen LogP contribution in [-0.2, 0) is 16.0 Å². The van der Waals surface area contributed by atoms with Crippen LogP contribution in [0.4, 0.5) is 0 Å². The van der Waals surface area contributed by atoms with Gasteiger partial charge in [0.25, 0.3) is 0 Å². The van der Waals surface area contributed by atoms with E-state index in [1.807, 2.05) is 0 Å². The number of aromatic hydroxyl groups is 1. The third kappa shape index (κ3) is 3.70. The molecule has 0 aliphatic rings. The minimum Gasteiger partial charge on any atom is -0.508 e. The molecule has 16 heavy (non-hydrogen) atoms. The largest absolute Gasteiger partial charge is 0.508 e. The molecular formula is C11H14N2O3. The summed E-state index contributed by atoms with van der Waals surface area (Å²) in [6, 6.07) is 5.77. The van der Waals surface area contributed by atoms with E-state index in [9.17, 15) is 9.59 Å². The van der Waals surface area contributed by atoms with Gasteiger partial charge < -0.3 is 21.0 Å². The Bertz CT molecular complexity index is 362. The Balaban J connectivity index is 2.50. The van der Waals surface area contributed by atoms with Crippen molar-refractivity contribution in [2.24, 2.45) is 5.73 Å². The highest BCUT2D eigenvalue weighted by Gasteiger charge is 2.12. The first-order valence-electron chi connectivity index (χ1n) is 4.88. The van der Waals surface area contributed by atoms with Crippen LogP contribution in [0.3, 0.4) is 0 Å². The number of nitrogens with two attached hydrogens (primary N) is 1. The summed E-state index contributed by atoms with van der Waals surface area (Å²) in [7, 11) is 0. The van der Waals surface area contributed by atoms with Gasteiger partial charge in [0.15, 0.2) is 0 Å². The predicted molar refractivity (Wildman–Crippen MR) is 58.9 cm³/mol. The number of phenols is 1. The van der Waals surface area contributed by atoms with Gasteiger partial charge in [-0.15, -0.1) is 0 Å². The van der Waals surface area contributed by atoms with Crippen LogP contribution in [0.15, 0.2) is 24.3 Å². The van der Waals surface area contributed by atoms with Crippen LogP contribution < -0.4 is 11.1 Å². The first kappa shape index (κ1) is 12.2. The molecule has 0 aliphatic heterocycles. The molecule has 1 amide bonds. The molecule has 0 aromatic heterocycles. The predicted octanol–water partition coefficient (Wildman–Crippen LogP) is -0.423. The molecule has 1 rings (SSSR count). The number of nitrogens with one attached hydrogen (secondary N) is 1. The molecule has 0 fully saturated rings. The second-order valence-electron chi connectivity index (χ2n) is 3.39. The zero-order valence-electron chi connectivity index (χ0n) is 8.72.